The lowest BCUT2D eigenvalue weighted by Crippen LogP contribution is -2.56. The summed E-state index contributed by atoms with van der Waals surface area (Å²) in [6, 6.07) is 9.29. The van der Waals surface area contributed by atoms with Gasteiger partial charge in [0.2, 0.25) is 0 Å². The number of aliphatic hydroxyl groups excluding tert-OH is 1. The van der Waals surface area contributed by atoms with E-state index < -0.39 is 36.5 Å². The van der Waals surface area contributed by atoms with Gasteiger partial charge in [-0.25, -0.2) is 0 Å². The first-order chi connectivity index (χ1) is 12.9. The molecular weight excluding hydrogens is 356 g/mol. The Balaban J connectivity index is 2.03. The van der Waals surface area contributed by atoms with Crippen molar-refractivity contribution < 1.29 is 38.4 Å². The Bertz CT molecular complexity index is 644. The van der Waals surface area contributed by atoms with Crippen LogP contribution in [0.3, 0.4) is 0 Å². The second kappa shape index (κ2) is 10.1. The van der Waals surface area contributed by atoms with E-state index in [9.17, 15) is 19.5 Å². The summed E-state index contributed by atoms with van der Waals surface area (Å²) < 4.78 is 21.5. The fraction of sp³-hybridized carbons (Fsp3) is 0.526. The second-order valence-corrected chi connectivity index (χ2v) is 6.29. The molecule has 0 saturated carbocycles. The zero-order chi connectivity index (χ0) is 19.8. The van der Waals surface area contributed by atoms with E-state index in [-0.39, 0.29) is 31.8 Å². The molecule has 1 aliphatic heterocycles. The van der Waals surface area contributed by atoms with E-state index in [0.29, 0.717) is 0 Å². The quantitative estimate of drug-likeness (QED) is 0.669. The average molecular weight is 380 g/mol. The molecule has 8 nitrogen and oxygen atoms in total. The number of esters is 2. The fourth-order valence-corrected chi connectivity index (χ4v) is 2.58. The first-order valence-corrected chi connectivity index (χ1v) is 8.68. The van der Waals surface area contributed by atoms with Crippen molar-refractivity contribution in [3.8, 4) is 0 Å². The maximum absolute atomic E-state index is 12.0. The molecular formula is C19H24O8. The van der Waals surface area contributed by atoms with Crippen LogP contribution >= 0.6 is 0 Å². The molecule has 4 atom stereocenters. The Kier molecular flexibility index (Phi) is 7.90. The number of ketones is 1. The van der Waals surface area contributed by atoms with E-state index in [1.807, 2.05) is 30.3 Å². The number of carbonyl (C=O) groups is 3. The van der Waals surface area contributed by atoms with Crippen LogP contribution in [0.4, 0.5) is 0 Å². The van der Waals surface area contributed by atoms with Crippen LogP contribution in [0, 0.1) is 0 Å². The lowest BCUT2D eigenvalue weighted by molar-refractivity contribution is -0.281. The number of ether oxygens (including phenoxy) is 4. The highest BCUT2D eigenvalue weighted by atomic mass is 16.7. The molecule has 2 rings (SSSR count). The highest BCUT2D eigenvalue weighted by molar-refractivity contribution is 5.81. The molecule has 1 N–H and O–H groups in total. The summed E-state index contributed by atoms with van der Waals surface area (Å²) in [5.74, 6) is -1.41. The number of hydrogen-bond acceptors (Lipinski definition) is 8. The minimum atomic E-state index is -1.32. The van der Waals surface area contributed by atoms with Crippen LogP contribution in [0.25, 0.3) is 0 Å². The van der Waals surface area contributed by atoms with Crippen LogP contribution in [0.5, 0.6) is 0 Å². The van der Waals surface area contributed by atoms with Crippen molar-refractivity contribution >= 4 is 17.7 Å². The molecule has 0 aromatic heterocycles. The zero-order valence-electron chi connectivity index (χ0n) is 15.3. The Morgan fingerprint density at radius 3 is 2.44 bits per heavy atom. The number of benzene rings is 1. The zero-order valence-corrected chi connectivity index (χ0v) is 15.3. The molecule has 1 saturated heterocycles. The van der Waals surface area contributed by atoms with Gasteiger partial charge in [0.05, 0.1) is 19.6 Å². The molecule has 0 aliphatic carbocycles. The van der Waals surface area contributed by atoms with E-state index in [1.54, 1.807) is 0 Å². The van der Waals surface area contributed by atoms with Crippen LogP contribution in [0.1, 0.15) is 32.3 Å². The first-order valence-electron chi connectivity index (χ1n) is 8.68. The van der Waals surface area contributed by atoms with Gasteiger partial charge in [0.15, 0.2) is 18.5 Å². The standard InChI is InChI=1S/C19H24O8/c1-12(20)8-9-16(22)27-18-17(23)15(26-13(2)21)11-25-19(18)24-10-14-6-4-3-5-7-14/h3-7,15,17-19,23H,8-11H2,1-2H3/t15-,17-,18+,19-/m0/s1. The summed E-state index contributed by atoms with van der Waals surface area (Å²) in [4.78, 5) is 34.2. The summed E-state index contributed by atoms with van der Waals surface area (Å²) in [7, 11) is 0. The normalized spacial score (nSPS) is 24.9. The molecule has 1 aromatic rings. The average Bonchev–Trinajstić information content (AvgIpc) is 2.63. The molecule has 0 spiro atoms. The fourth-order valence-electron chi connectivity index (χ4n) is 2.58. The number of Topliss-reactive ketones (excluding diaryl/α,β-unsaturated/α-hetero) is 1. The van der Waals surface area contributed by atoms with Gasteiger partial charge in [0.25, 0.3) is 0 Å². The van der Waals surface area contributed by atoms with Crippen molar-refractivity contribution in [2.75, 3.05) is 6.61 Å². The van der Waals surface area contributed by atoms with Gasteiger partial charge in [0, 0.05) is 13.3 Å². The molecule has 148 valence electrons. The molecule has 1 fully saturated rings. The van der Waals surface area contributed by atoms with Crippen LogP contribution in [-0.2, 0) is 39.9 Å². The third-order valence-electron chi connectivity index (χ3n) is 3.93. The molecule has 27 heavy (non-hydrogen) atoms. The van der Waals surface area contributed by atoms with Crippen molar-refractivity contribution in [1.82, 2.24) is 0 Å². The molecule has 0 radical (unpaired) electrons. The first kappa shape index (κ1) is 21.0. The van der Waals surface area contributed by atoms with E-state index in [2.05, 4.69) is 0 Å². The molecule has 1 aliphatic rings. The van der Waals surface area contributed by atoms with E-state index in [1.165, 1.54) is 13.8 Å². The minimum absolute atomic E-state index is 0.0332. The van der Waals surface area contributed by atoms with Gasteiger partial charge in [-0.2, -0.15) is 0 Å². The largest absolute Gasteiger partial charge is 0.457 e. The van der Waals surface area contributed by atoms with E-state index in [4.69, 9.17) is 18.9 Å². The van der Waals surface area contributed by atoms with Crippen molar-refractivity contribution in [3.05, 3.63) is 35.9 Å². The summed E-state index contributed by atoms with van der Waals surface area (Å²) in [6.07, 6.45) is -4.61. The third kappa shape index (κ3) is 6.74. The predicted molar refractivity (Wildman–Crippen MR) is 92.3 cm³/mol. The maximum atomic E-state index is 12.0. The van der Waals surface area contributed by atoms with E-state index >= 15 is 0 Å². The smallest absolute Gasteiger partial charge is 0.306 e. The van der Waals surface area contributed by atoms with Gasteiger partial charge < -0.3 is 28.8 Å². The lowest BCUT2D eigenvalue weighted by Gasteiger charge is -2.38. The van der Waals surface area contributed by atoms with Crippen LogP contribution in [-0.4, -0.2) is 54.0 Å². The second-order valence-electron chi connectivity index (χ2n) is 6.29. The van der Waals surface area contributed by atoms with Crippen LogP contribution in [0.2, 0.25) is 0 Å². The number of rotatable bonds is 8. The summed E-state index contributed by atoms with van der Waals surface area (Å²) in [5, 5.41) is 10.5. The summed E-state index contributed by atoms with van der Waals surface area (Å²) >= 11 is 0. The van der Waals surface area contributed by atoms with Gasteiger partial charge >= 0.3 is 11.9 Å². The van der Waals surface area contributed by atoms with Crippen LogP contribution < -0.4 is 0 Å². The minimum Gasteiger partial charge on any atom is -0.457 e. The van der Waals surface area contributed by atoms with Crippen LogP contribution in [0.15, 0.2) is 30.3 Å². The topological polar surface area (TPSA) is 108 Å². The maximum Gasteiger partial charge on any atom is 0.306 e. The summed E-state index contributed by atoms with van der Waals surface area (Å²) in [6.45, 7) is 2.66. The molecule has 1 heterocycles. The SMILES string of the molecule is CC(=O)CCC(=O)O[C@H]1[C@@H](OCc2ccccc2)OC[C@H](OC(C)=O)[C@@H]1O. The van der Waals surface area contributed by atoms with E-state index in [0.717, 1.165) is 5.56 Å². The van der Waals surface area contributed by atoms with Gasteiger partial charge in [-0.05, 0) is 12.5 Å². The number of carbonyl (C=O) groups excluding carboxylic acids is 3. The molecule has 8 heteroatoms. The molecule has 0 unspecified atom stereocenters. The molecule has 1 aromatic carbocycles. The number of hydrogen-bond donors (Lipinski definition) is 1. The van der Waals surface area contributed by atoms with Crippen molar-refractivity contribution in [1.29, 1.82) is 0 Å². The van der Waals surface area contributed by atoms with Gasteiger partial charge in [-0.15, -0.1) is 0 Å². The van der Waals surface area contributed by atoms with Crippen molar-refractivity contribution in [2.45, 2.75) is 57.9 Å². The van der Waals surface area contributed by atoms with Gasteiger partial charge in [0.1, 0.15) is 11.9 Å². The predicted octanol–water partition coefficient (Wildman–Crippen LogP) is 1.13. The van der Waals surface area contributed by atoms with Crippen molar-refractivity contribution in [3.63, 3.8) is 0 Å². The van der Waals surface area contributed by atoms with Gasteiger partial charge in [-0.3, -0.25) is 9.59 Å². The molecule has 0 bridgehead atoms. The van der Waals surface area contributed by atoms with Crippen molar-refractivity contribution in [2.24, 2.45) is 0 Å². The molecule has 0 amide bonds. The lowest BCUT2D eigenvalue weighted by atomic mass is 10.0. The van der Waals surface area contributed by atoms with Gasteiger partial charge in [-0.1, -0.05) is 30.3 Å². The Labute approximate surface area is 157 Å². The Morgan fingerprint density at radius 1 is 1.11 bits per heavy atom. The highest BCUT2D eigenvalue weighted by Gasteiger charge is 2.44. The Hall–Kier alpha value is -2.29. The summed E-state index contributed by atoms with van der Waals surface area (Å²) in [5.41, 5.74) is 0.874. The number of aliphatic hydroxyl groups is 1. The monoisotopic (exact) mass is 380 g/mol. The Morgan fingerprint density at radius 2 is 1.81 bits per heavy atom. The highest BCUT2D eigenvalue weighted by Crippen LogP contribution is 2.23. The third-order valence-corrected chi connectivity index (χ3v) is 3.93.